The van der Waals surface area contributed by atoms with Crippen LogP contribution in [0.5, 0.6) is 0 Å². The minimum Gasteiger partial charge on any atom is -0.439 e. The van der Waals surface area contributed by atoms with Crippen LogP contribution in [0.15, 0.2) is 0 Å². The van der Waals surface area contributed by atoms with E-state index in [1.807, 2.05) is 0 Å². The second-order valence-electron chi connectivity index (χ2n) is 17.2. The highest BCUT2D eigenvalue weighted by molar-refractivity contribution is 6.84. The summed E-state index contributed by atoms with van der Waals surface area (Å²) in [5.41, 5.74) is 0.819. The number of rotatable bonds is 13. The SMILES string of the molecule is C[SiH](C)O[Si](O[SiH](C)C(CCC1CCC2OC2C1)CCC1CCC2OC2C1)(C12CCC(CC1)C2)C12CCC(CC1)C2. The first-order chi connectivity index (χ1) is 19.9. The van der Waals surface area contributed by atoms with E-state index in [2.05, 4.69) is 19.6 Å². The topological polar surface area (TPSA) is 43.5 Å². The third-order valence-corrected chi connectivity index (χ3v) is 26.6. The Hall–Kier alpha value is 0.491. The highest BCUT2D eigenvalue weighted by Gasteiger charge is 2.74. The molecule has 0 aromatic heterocycles. The average molecular weight is 617 g/mol. The fourth-order valence-corrected chi connectivity index (χ4v) is 27.8. The standard InChI is InChI=1S/C34H60O4Si3/c1-39(2)37-41(33-16-12-26(22-33)13-17-33,34-18-14-27(23-34)15-19-34)38-40(3)28(8-4-24-6-10-29-31(20-24)35-29)9-5-25-7-11-30-32(21-25)36-30/h24-32,39-40H,4-23H2,1-3H3. The van der Waals surface area contributed by atoms with Gasteiger partial charge in [0, 0.05) is 10.1 Å². The molecule has 41 heavy (non-hydrogen) atoms. The molecule has 0 aromatic rings. The van der Waals surface area contributed by atoms with Crippen LogP contribution >= 0.6 is 0 Å². The van der Waals surface area contributed by atoms with Gasteiger partial charge in [0.2, 0.25) is 0 Å². The normalized spacial score (nSPS) is 48.6. The van der Waals surface area contributed by atoms with Gasteiger partial charge in [-0.25, -0.2) is 0 Å². The summed E-state index contributed by atoms with van der Waals surface area (Å²) in [6, 6.07) is 0. The Morgan fingerprint density at radius 1 is 0.659 bits per heavy atom. The molecule has 0 radical (unpaired) electrons. The molecule has 4 bridgehead atoms. The molecular weight excluding hydrogens is 557 g/mol. The van der Waals surface area contributed by atoms with E-state index < -0.39 is 26.6 Å². The molecule has 6 aliphatic carbocycles. The van der Waals surface area contributed by atoms with Gasteiger partial charge in [-0.1, -0.05) is 51.4 Å². The number of hydrogen-bond acceptors (Lipinski definition) is 4. The summed E-state index contributed by atoms with van der Waals surface area (Å²) in [6.45, 7) is 7.64. The van der Waals surface area contributed by atoms with Gasteiger partial charge in [-0.2, -0.15) is 0 Å². The summed E-state index contributed by atoms with van der Waals surface area (Å²) in [6.07, 6.45) is 30.9. The second kappa shape index (κ2) is 11.1. The average Bonchev–Trinajstić information content (AvgIpc) is 3.65. The molecule has 7 atom stereocenters. The second-order valence-corrected chi connectivity index (χ2v) is 26.9. The molecule has 0 spiro atoms. The van der Waals surface area contributed by atoms with Crippen molar-refractivity contribution in [3.63, 3.8) is 0 Å². The Morgan fingerprint density at radius 3 is 1.54 bits per heavy atom. The van der Waals surface area contributed by atoms with E-state index >= 15 is 0 Å². The molecule has 8 fully saturated rings. The van der Waals surface area contributed by atoms with Crippen LogP contribution in [0.25, 0.3) is 0 Å². The molecule has 6 saturated carbocycles. The minimum atomic E-state index is -2.40. The molecule has 7 heteroatoms. The predicted molar refractivity (Wildman–Crippen MR) is 173 cm³/mol. The smallest absolute Gasteiger partial charge is 0.330 e. The lowest BCUT2D eigenvalue weighted by molar-refractivity contribution is 0.248. The Labute approximate surface area is 255 Å². The maximum absolute atomic E-state index is 8.20. The summed E-state index contributed by atoms with van der Waals surface area (Å²) in [4.78, 5) is 0. The van der Waals surface area contributed by atoms with Crippen molar-refractivity contribution >= 4 is 26.6 Å². The molecule has 8 aliphatic rings. The van der Waals surface area contributed by atoms with Crippen molar-refractivity contribution in [2.75, 3.05) is 0 Å². The summed E-state index contributed by atoms with van der Waals surface area (Å²) in [5.74, 6) is 3.75. The molecule has 8 rings (SSSR count). The summed E-state index contributed by atoms with van der Waals surface area (Å²) in [7, 11) is -5.08. The van der Waals surface area contributed by atoms with E-state index in [0.29, 0.717) is 34.5 Å². The quantitative estimate of drug-likeness (QED) is 0.154. The number of fused-ring (bicyclic) bond motifs is 6. The number of hydrogen-bond donors (Lipinski definition) is 0. The lowest BCUT2D eigenvalue weighted by atomic mass is 9.83. The summed E-state index contributed by atoms with van der Waals surface area (Å²) in [5, 5.41) is 0.896. The molecule has 2 saturated heterocycles. The monoisotopic (exact) mass is 616 g/mol. The predicted octanol–water partition coefficient (Wildman–Crippen LogP) is 8.53. The molecule has 232 valence electrons. The van der Waals surface area contributed by atoms with Crippen LogP contribution in [0.2, 0.25) is 35.3 Å². The fraction of sp³-hybridized carbons (Fsp3) is 1.00. The molecule has 0 N–H and O–H groups in total. The van der Waals surface area contributed by atoms with Crippen molar-refractivity contribution in [2.45, 2.75) is 188 Å². The maximum atomic E-state index is 8.20. The van der Waals surface area contributed by atoms with E-state index in [9.17, 15) is 0 Å². The molecular formula is C34H60O4Si3. The Bertz CT molecular complexity index is 882. The van der Waals surface area contributed by atoms with Crippen molar-refractivity contribution in [2.24, 2.45) is 23.7 Å². The van der Waals surface area contributed by atoms with Crippen molar-refractivity contribution in [1.82, 2.24) is 0 Å². The maximum Gasteiger partial charge on any atom is 0.330 e. The highest BCUT2D eigenvalue weighted by atomic mass is 28.5. The number of ether oxygens (including phenoxy) is 2. The van der Waals surface area contributed by atoms with Crippen molar-refractivity contribution in [1.29, 1.82) is 0 Å². The first-order valence-electron chi connectivity index (χ1n) is 18.5. The Balaban J connectivity index is 1.05. The van der Waals surface area contributed by atoms with Crippen LogP contribution in [0, 0.1) is 23.7 Å². The van der Waals surface area contributed by atoms with Crippen molar-refractivity contribution in [3.8, 4) is 0 Å². The van der Waals surface area contributed by atoms with Gasteiger partial charge in [0.15, 0.2) is 18.1 Å². The van der Waals surface area contributed by atoms with Gasteiger partial charge < -0.3 is 17.7 Å². The van der Waals surface area contributed by atoms with Crippen LogP contribution in [0.1, 0.15) is 128 Å². The van der Waals surface area contributed by atoms with Crippen LogP contribution < -0.4 is 0 Å². The van der Waals surface area contributed by atoms with Crippen LogP contribution in [0.4, 0.5) is 0 Å². The first-order valence-corrected chi connectivity index (χ1v) is 25.4. The molecule has 2 aliphatic heterocycles. The van der Waals surface area contributed by atoms with Crippen LogP contribution in [0.3, 0.4) is 0 Å². The fourth-order valence-electron chi connectivity index (χ4n) is 12.1. The van der Waals surface area contributed by atoms with Crippen LogP contribution in [-0.2, 0) is 17.7 Å². The molecule has 4 nitrogen and oxygen atoms in total. The van der Waals surface area contributed by atoms with Gasteiger partial charge in [0.1, 0.15) is 0 Å². The van der Waals surface area contributed by atoms with E-state index in [1.54, 1.807) is 0 Å². The lowest BCUT2D eigenvalue weighted by Crippen LogP contribution is -2.64. The molecule has 0 amide bonds. The Kier molecular flexibility index (Phi) is 7.82. The number of epoxide rings is 2. The van der Waals surface area contributed by atoms with Crippen molar-refractivity contribution < 1.29 is 17.7 Å². The zero-order chi connectivity index (χ0) is 27.8. The first kappa shape index (κ1) is 28.9. The molecule has 7 unspecified atom stereocenters. The van der Waals surface area contributed by atoms with Gasteiger partial charge >= 0.3 is 8.56 Å². The van der Waals surface area contributed by atoms with E-state index in [-0.39, 0.29) is 0 Å². The van der Waals surface area contributed by atoms with E-state index in [4.69, 9.17) is 17.7 Å². The zero-order valence-electron chi connectivity index (χ0n) is 26.6. The molecule has 0 aromatic carbocycles. The van der Waals surface area contributed by atoms with Gasteiger partial charge in [0.05, 0.1) is 24.4 Å². The lowest BCUT2D eigenvalue weighted by Gasteiger charge is -2.56. The molecule has 2 heterocycles. The summed E-state index contributed by atoms with van der Waals surface area (Å²) >= 11 is 0. The van der Waals surface area contributed by atoms with Gasteiger partial charge in [0.25, 0.3) is 0 Å². The van der Waals surface area contributed by atoms with Gasteiger partial charge in [-0.3, -0.25) is 0 Å². The third kappa shape index (κ3) is 5.29. The van der Waals surface area contributed by atoms with E-state index in [1.165, 1.54) is 128 Å². The van der Waals surface area contributed by atoms with Crippen LogP contribution in [-0.4, -0.2) is 51.1 Å². The Morgan fingerprint density at radius 2 is 1.15 bits per heavy atom. The van der Waals surface area contributed by atoms with Gasteiger partial charge in [-0.15, -0.1) is 0 Å². The largest absolute Gasteiger partial charge is 0.439 e. The zero-order valence-corrected chi connectivity index (χ0v) is 29.9. The van der Waals surface area contributed by atoms with E-state index in [0.717, 1.165) is 29.2 Å². The highest BCUT2D eigenvalue weighted by Crippen LogP contribution is 2.76. The van der Waals surface area contributed by atoms with Crippen molar-refractivity contribution in [3.05, 3.63) is 0 Å². The minimum absolute atomic E-state index is 0.448. The third-order valence-electron chi connectivity index (χ3n) is 14.4. The van der Waals surface area contributed by atoms with Gasteiger partial charge in [-0.05, 0) is 126 Å². The summed E-state index contributed by atoms with van der Waals surface area (Å²) < 4.78 is 27.8.